The Labute approximate surface area is 165 Å². The van der Waals surface area contributed by atoms with Crippen molar-refractivity contribution in [3.05, 3.63) is 58.7 Å². The molecule has 0 spiro atoms. The van der Waals surface area contributed by atoms with Crippen molar-refractivity contribution in [1.82, 2.24) is 9.88 Å². The predicted molar refractivity (Wildman–Crippen MR) is 105 cm³/mol. The van der Waals surface area contributed by atoms with Crippen molar-refractivity contribution in [2.24, 2.45) is 0 Å². The summed E-state index contributed by atoms with van der Waals surface area (Å²) in [5.74, 6) is -2.25. The highest BCUT2D eigenvalue weighted by Crippen LogP contribution is 2.33. The van der Waals surface area contributed by atoms with Crippen LogP contribution in [-0.4, -0.2) is 35.0 Å². The second-order valence-corrected chi connectivity index (χ2v) is 8.06. The number of nitrogens with zero attached hydrogens (tertiary/aromatic N) is 2. The molecule has 1 saturated heterocycles. The number of amides is 1. The van der Waals surface area contributed by atoms with Crippen molar-refractivity contribution in [2.75, 3.05) is 13.1 Å². The molecule has 7 heteroatoms. The zero-order valence-corrected chi connectivity index (χ0v) is 16.5. The zero-order chi connectivity index (χ0) is 19.8. The fourth-order valence-corrected chi connectivity index (χ4v) is 4.45. The number of fused-ring (bicyclic) bond motifs is 1. The number of hydrogen-bond acceptors (Lipinski definition) is 4. The lowest BCUT2D eigenvalue weighted by Gasteiger charge is -2.31. The Morgan fingerprint density at radius 3 is 2.50 bits per heavy atom. The summed E-state index contributed by atoms with van der Waals surface area (Å²) in [5.41, 5.74) is 3.44. The third-order valence-electron chi connectivity index (χ3n) is 5.09. The van der Waals surface area contributed by atoms with Crippen LogP contribution in [0.1, 0.15) is 34.3 Å². The lowest BCUT2D eigenvalue weighted by Crippen LogP contribution is -2.41. The highest BCUT2D eigenvalue weighted by atomic mass is 32.1. The number of likely N-dealkylation sites (tertiary alicyclic amines) is 1. The minimum Gasteiger partial charge on any atom is -0.467 e. The normalized spacial score (nSPS) is 15.2. The average molecular weight is 402 g/mol. The van der Waals surface area contributed by atoms with Gasteiger partial charge in [-0.05, 0) is 43.2 Å². The molecule has 0 saturated carbocycles. The largest absolute Gasteiger partial charge is 0.467 e. The number of aromatic nitrogens is 1. The minimum atomic E-state index is -1.01. The van der Waals surface area contributed by atoms with Gasteiger partial charge in [-0.3, -0.25) is 4.79 Å². The average Bonchev–Trinajstić information content (AvgIpc) is 3.12. The van der Waals surface area contributed by atoms with Crippen LogP contribution in [-0.2, 0) is 0 Å². The van der Waals surface area contributed by atoms with Crippen LogP contribution in [0.3, 0.4) is 0 Å². The van der Waals surface area contributed by atoms with Crippen LogP contribution in [0.2, 0.25) is 0 Å². The van der Waals surface area contributed by atoms with E-state index < -0.39 is 11.6 Å². The highest BCUT2D eigenvalue weighted by Gasteiger charge is 2.26. The van der Waals surface area contributed by atoms with E-state index in [2.05, 4.69) is 24.0 Å². The maximum Gasteiger partial charge on any atom is 0.274 e. The van der Waals surface area contributed by atoms with Crippen LogP contribution in [0.5, 0.6) is 5.19 Å². The minimum absolute atomic E-state index is 0.0184. The molecule has 4 nitrogen and oxygen atoms in total. The molecule has 0 aliphatic carbocycles. The topological polar surface area (TPSA) is 42.4 Å². The molecular weight excluding hydrogens is 382 g/mol. The number of carbonyl (C=O) groups is 1. The second-order valence-electron chi connectivity index (χ2n) is 7.10. The first-order valence-corrected chi connectivity index (χ1v) is 10.0. The Kier molecular flexibility index (Phi) is 5.02. The first-order chi connectivity index (χ1) is 13.4. The summed E-state index contributed by atoms with van der Waals surface area (Å²) in [6.07, 6.45) is 1.32. The van der Waals surface area contributed by atoms with E-state index in [9.17, 15) is 13.6 Å². The van der Waals surface area contributed by atoms with E-state index in [1.165, 1.54) is 11.6 Å². The SMILES string of the molecule is Cc1ccc(C)c2sc(OC3CCN(C(=O)c4ccc(F)c(F)c4)CC3)nc12. The molecule has 0 N–H and O–H groups in total. The summed E-state index contributed by atoms with van der Waals surface area (Å²) in [4.78, 5) is 18.8. The fourth-order valence-electron chi connectivity index (χ4n) is 3.42. The van der Waals surface area contributed by atoms with Gasteiger partial charge in [0, 0.05) is 31.5 Å². The summed E-state index contributed by atoms with van der Waals surface area (Å²) in [7, 11) is 0. The number of rotatable bonds is 3. The maximum absolute atomic E-state index is 13.4. The van der Waals surface area contributed by atoms with Crippen LogP contribution in [0.4, 0.5) is 8.78 Å². The number of aryl methyl sites for hydroxylation is 2. The lowest BCUT2D eigenvalue weighted by atomic mass is 10.1. The first kappa shape index (κ1) is 18.8. The molecule has 1 fully saturated rings. The van der Waals surface area contributed by atoms with Gasteiger partial charge in [-0.2, -0.15) is 0 Å². The third-order valence-corrected chi connectivity index (χ3v) is 6.17. The molecule has 1 aliphatic rings. The summed E-state index contributed by atoms with van der Waals surface area (Å²) in [6, 6.07) is 7.39. The van der Waals surface area contributed by atoms with Crippen molar-refractivity contribution in [2.45, 2.75) is 32.8 Å². The molecule has 1 aliphatic heterocycles. The van der Waals surface area contributed by atoms with Gasteiger partial charge in [0.05, 0.1) is 10.2 Å². The van der Waals surface area contributed by atoms with E-state index in [1.807, 2.05) is 6.92 Å². The molecule has 3 aromatic rings. The maximum atomic E-state index is 13.4. The monoisotopic (exact) mass is 402 g/mol. The molecular formula is C21H20F2N2O2S. The van der Waals surface area contributed by atoms with Crippen molar-refractivity contribution in [3.8, 4) is 5.19 Å². The van der Waals surface area contributed by atoms with Crippen LogP contribution in [0.15, 0.2) is 30.3 Å². The van der Waals surface area contributed by atoms with Crippen molar-refractivity contribution < 1.29 is 18.3 Å². The Hall–Kier alpha value is -2.54. The predicted octanol–water partition coefficient (Wildman–Crippen LogP) is 4.87. The number of piperidine rings is 1. The van der Waals surface area contributed by atoms with Gasteiger partial charge in [-0.15, -0.1) is 0 Å². The molecule has 0 bridgehead atoms. The van der Waals surface area contributed by atoms with Crippen LogP contribution < -0.4 is 4.74 Å². The van der Waals surface area contributed by atoms with E-state index in [-0.39, 0.29) is 17.6 Å². The van der Waals surface area contributed by atoms with E-state index in [4.69, 9.17) is 4.74 Å². The van der Waals surface area contributed by atoms with Crippen LogP contribution >= 0.6 is 11.3 Å². The van der Waals surface area contributed by atoms with Gasteiger partial charge in [-0.1, -0.05) is 23.5 Å². The number of hydrogen-bond donors (Lipinski definition) is 0. The van der Waals surface area contributed by atoms with Crippen molar-refractivity contribution in [3.63, 3.8) is 0 Å². The Morgan fingerprint density at radius 2 is 1.82 bits per heavy atom. The number of ether oxygens (including phenoxy) is 1. The Morgan fingerprint density at radius 1 is 1.11 bits per heavy atom. The van der Waals surface area contributed by atoms with E-state index in [0.717, 1.165) is 27.9 Å². The third kappa shape index (κ3) is 3.58. The summed E-state index contributed by atoms with van der Waals surface area (Å²) >= 11 is 1.55. The molecule has 146 valence electrons. The second kappa shape index (κ2) is 7.47. The number of carbonyl (C=O) groups excluding carboxylic acids is 1. The van der Waals surface area contributed by atoms with Crippen molar-refractivity contribution >= 4 is 27.5 Å². The zero-order valence-electron chi connectivity index (χ0n) is 15.7. The molecule has 4 rings (SSSR count). The smallest absolute Gasteiger partial charge is 0.274 e. The molecule has 1 amide bonds. The van der Waals surface area contributed by atoms with Crippen LogP contribution in [0, 0.1) is 25.5 Å². The van der Waals surface area contributed by atoms with E-state index in [0.29, 0.717) is 31.1 Å². The summed E-state index contributed by atoms with van der Waals surface area (Å²) in [5, 5.41) is 0.651. The van der Waals surface area contributed by atoms with E-state index in [1.54, 1.807) is 16.2 Å². The quantitative estimate of drug-likeness (QED) is 0.627. The van der Waals surface area contributed by atoms with Gasteiger partial charge in [0.25, 0.3) is 11.1 Å². The number of halogens is 2. The molecule has 0 atom stereocenters. The van der Waals surface area contributed by atoms with Crippen molar-refractivity contribution in [1.29, 1.82) is 0 Å². The molecule has 28 heavy (non-hydrogen) atoms. The summed E-state index contributed by atoms with van der Waals surface area (Å²) < 4.78 is 33.7. The Bertz CT molecular complexity index is 1000. The van der Waals surface area contributed by atoms with Gasteiger partial charge in [0.15, 0.2) is 11.6 Å². The standard InChI is InChI=1S/C21H20F2N2O2S/c1-12-3-4-13(2)19-18(12)24-21(28-19)27-15-7-9-25(10-8-15)20(26)14-5-6-16(22)17(23)11-14/h3-6,11,15H,7-10H2,1-2H3. The first-order valence-electron chi connectivity index (χ1n) is 9.20. The van der Waals surface area contributed by atoms with Gasteiger partial charge in [0.2, 0.25) is 0 Å². The molecule has 2 heterocycles. The molecule has 1 aromatic heterocycles. The summed E-state index contributed by atoms with van der Waals surface area (Å²) in [6.45, 7) is 5.11. The van der Waals surface area contributed by atoms with Gasteiger partial charge in [0.1, 0.15) is 6.10 Å². The lowest BCUT2D eigenvalue weighted by molar-refractivity contribution is 0.0595. The molecule has 2 aromatic carbocycles. The van der Waals surface area contributed by atoms with E-state index >= 15 is 0 Å². The van der Waals surface area contributed by atoms with Gasteiger partial charge < -0.3 is 9.64 Å². The number of thiazole rings is 1. The fraction of sp³-hybridized carbons (Fsp3) is 0.333. The van der Waals surface area contributed by atoms with Gasteiger partial charge in [-0.25, -0.2) is 13.8 Å². The van der Waals surface area contributed by atoms with Gasteiger partial charge >= 0.3 is 0 Å². The Balaban J connectivity index is 1.40. The number of benzene rings is 2. The molecule has 0 radical (unpaired) electrons. The highest BCUT2D eigenvalue weighted by molar-refractivity contribution is 7.20. The van der Waals surface area contributed by atoms with Crippen LogP contribution in [0.25, 0.3) is 10.2 Å². The molecule has 0 unspecified atom stereocenters.